The van der Waals surface area contributed by atoms with E-state index in [4.69, 9.17) is 11.6 Å². The van der Waals surface area contributed by atoms with E-state index in [0.29, 0.717) is 17.9 Å². The molecule has 108 valence electrons. The second kappa shape index (κ2) is 4.99. The van der Waals surface area contributed by atoms with Crippen LogP contribution >= 0.6 is 11.6 Å². The summed E-state index contributed by atoms with van der Waals surface area (Å²) in [5.41, 5.74) is 0.956. The number of alkyl halides is 1. The van der Waals surface area contributed by atoms with Crippen LogP contribution in [0.2, 0.25) is 0 Å². The number of rotatable bonds is 5. The first-order valence-corrected chi connectivity index (χ1v) is 7.53. The Labute approximate surface area is 121 Å². The summed E-state index contributed by atoms with van der Waals surface area (Å²) < 4.78 is 29.4. The fraction of sp³-hybridized carbons (Fsp3) is 0.533. The molecular weight excluding hydrogens is 282 g/mol. The van der Waals surface area contributed by atoms with Crippen molar-refractivity contribution in [3.8, 4) is 0 Å². The highest BCUT2D eigenvalue weighted by Gasteiger charge is 2.42. The highest BCUT2D eigenvalue weighted by atomic mass is 35.5. The molecule has 2 aromatic rings. The summed E-state index contributed by atoms with van der Waals surface area (Å²) in [4.78, 5) is 4.33. The van der Waals surface area contributed by atoms with Gasteiger partial charge in [0, 0.05) is 6.54 Å². The summed E-state index contributed by atoms with van der Waals surface area (Å²) in [5, 5.41) is 0. The average Bonchev–Trinajstić information content (AvgIpc) is 3.09. The lowest BCUT2D eigenvalue weighted by Crippen LogP contribution is -2.14. The lowest BCUT2D eigenvalue weighted by Gasteiger charge is -2.17. The fourth-order valence-electron chi connectivity index (χ4n) is 3.01. The van der Waals surface area contributed by atoms with Crippen LogP contribution in [0.3, 0.4) is 0 Å². The van der Waals surface area contributed by atoms with E-state index in [1.54, 1.807) is 4.57 Å². The van der Waals surface area contributed by atoms with Crippen LogP contribution < -0.4 is 0 Å². The van der Waals surface area contributed by atoms with Gasteiger partial charge in [-0.1, -0.05) is 13.3 Å². The number of hydrogen-bond acceptors (Lipinski definition) is 1. The van der Waals surface area contributed by atoms with E-state index in [-0.39, 0.29) is 16.8 Å². The van der Waals surface area contributed by atoms with Crippen LogP contribution in [0.4, 0.5) is 8.78 Å². The molecule has 1 aliphatic carbocycles. The molecule has 1 aromatic carbocycles. The molecule has 0 spiro atoms. The topological polar surface area (TPSA) is 17.8 Å². The monoisotopic (exact) mass is 298 g/mol. The van der Waals surface area contributed by atoms with Gasteiger partial charge in [0.1, 0.15) is 11.3 Å². The van der Waals surface area contributed by atoms with Crippen molar-refractivity contribution >= 4 is 22.6 Å². The van der Waals surface area contributed by atoms with Crippen LogP contribution in [0, 0.1) is 17.0 Å². The smallest absolute Gasteiger partial charge is 0.184 e. The molecule has 0 amide bonds. The highest BCUT2D eigenvalue weighted by Crippen LogP contribution is 2.51. The van der Waals surface area contributed by atoms with Crippen molar-refractivity contribution in [2.24, 2.45) is 5.41 Å². The lowest BCUT2D eigenvalue weighted by atomic mass is 10.0. The molecule has 1 aliphatic rings. The van der Waals surface area contributed by atoms with Crippen molar-refractivity contribution in [1.82, 2.24) is 9.55 Å². The van der Waals surface area contributed by atoms with Crippen molar-refractivity contribution in [2.45, 2.75) is 45.0 Å². The van der Waals surface area contributed by atoms with Crippen LogP contribution in [0.5, 0.6) is 0 Å². The van der Waals surface area contributed by atoms with Gasteiger partial charge in [-0.05, 0) is 36.8 Å². The van der Waals surface area contributed by atoms with Gasteiger partial charge < -0.3 is 4.57 Å². The fourth-order valence-corrected chi connectivity index (χ4v) is 3.21. The highest BCUT2D eigenvalue weighted by molar-refractivity contribution is 6.16. The SMILES string of the molecule is CCCC1(Cn2c(CCl)nc3ccc(F)c(F)c32)CC1. The molecule has 1 heterocycles. The van der Waals surface area contributed by atoms with Gasteiger partial charge in [-0.3, -0.25) is 0 Å². The van der Waals surface area contributed by atoms with Crippen LogP contribution in [0.25, 0.3) is 11.0 Å². The Morgan fingerprint density at radius 1 is 1.35 bits per heavy atom. The third-order valence-corrected chi connectivity index (χ3v) is 4.47. The molecule has 2 nitrogen and oxygen atoms in total. The molecule has 0 unspecified atom stereocenters. The Morgan fingerprint density at radius 2 is 2.10 bits per heavy atom. The van der Waals surface area contributed by atoms with E-state index in [0.717, 1.165) is 31.7 Å². The van der Waals surface area contributed by atoms with E-state index in [1.165, 1.54) is 6.07 Å². The second-order valence-corrected chi connectivity index (χ2v) is 5.99. The van der Waals surface area contributed by atoms with Gasteiger partial charge in [0.2, 0.25) is 0 Å². The molecule has 1 saturated carbocycles. The first kappa shape index (κ1) is 13.8. The molecule has 0 saturated heterocycles. The van der Waals surface area contributed by atoms with E-state index in [2.05, 4.69) is 11.9 Å². The molecule has 5 heteroatoms. The van der Waals surface area contributed by atoms with Crippen LogP contribution in [0.15, 0.2) is 12.1 Å². The zero-order valence-corrected chi connectivity index (χ0v) is 12.2. The summed E-state index contributed by atoms with van der Waals surface area (Å²) in [6.07, 6.45) is 4.48. The summed E-state index contributed by atoms with van der Waals surface area (Å²) in [6, 6.07) is 2.63. The zero-order valence-electron chi connectivity index (χ0n) is 11.4. The van der Waals surface area contributed by atoms with E-state index in [9.17, 15) is 8.78 Å². The Morgan fingerprint density at radius 3 is 2.70 bits per heavy atom. The molecular formula is C15H17ClF2N2. The molecule has 0 bridgehead atoms. The molecule has 0 atom stereocenters. The molecule has 20 heavy (non-hydrogen) atoms. The number of benzene rings is 1. The maximum Gasteiger partial charge on any atom is 0.184 e. The van der Waals surface area contributed by atoms with Gasteiger partial charge in [-0.25, -0.2) is 13.8 Å². The molecule has 1 fully saturated rings. The lowest BCUT2D eigenvalue weighted by molar-refractivity contribution is 0.386. The molecule has 0 N–H and O–H groups in total. The van der Waals surface area contributed by atoms with Gasteiger partial charge in [-0.15, -0.1) is 11.6 Å². The molecule has 0 aliphatic heterocycles. The van der Waals surface area contributed by atoms with Crippen molar-refractivity contribution in [3.63, 3.8) is 0 Å². The standard InChI is InChI=1S/C15H17ClF2N2/c1-2-5-15(6-7-15)9-20-12(8-16)19-11-4-3-10(17)13(18)14(11)20/h3-4H,2,5-9H2,1H3. The predicted molar refractivity (Wildman–Crippen MR) is 75.8 cm³/mol. The Kier molecular flexibility index (Phi) is 3.44. The third-order valence-electron chi connectivity index (χ3n) is 4.23. The maximum absolute atomic E-state index is 14.1. The number of nitrogens with zero attached hydrogens (tertiary/aromatic N) is 2. The van der Waals surface area contributed by atoms with Gasteiger partial charge in [0.15, 0.2) is 11.6 Å². The summed E-state index contributed by atoms with van der Waals surface area (Å²) in [6.45, 7) is 2.83. The van der Waals surface area contributed by atoms with Crippen molar-refractivity contribution in [3.05, 3.63) is 29.6 Å². The first-order valence-electron chi connectivity index (χ1n) is 6.99. The van der Waals surface area contributed by atoms with Gasteiger partial charge in [0.05, 0.1) is 11.4 Å². The Bertz CT molecular complexity index is 647. The van der Waals surface area contributed by atoms with E-state index < -0.39 is 11.6 Å². The summed E-state index contributed by atoms with van der Waals surface area (Å²) in [5.74, 6) is -0.829. The minimum Gasteiger partial charge on any atom is -0.324 e. The third kappa shape index (κ3) is 2.20. The van der Waals surface area contributed by atoms with Crippen molar-refractivity contribution in [1.29, 1.82) is 0 Å². The summed E-state index contributed by atoms with van der Waals surface area (Å²) in [7, 11) is 0. The molecule has 0 radical (unpaired) electrons. The summed E-state index contributed by atoms with van der Waals surface area (Å²) >= 11 is 5.92. The number of fused-ring (bicyclic) bond motifs is 1. The van der Waals surface area contributed by atoms with Gasteiger partial charge in [0.25, 0.3) is 0 Å². The Hall–Kier alpha value is -1.16. The first-order chi connectivity index (χ1) is 9.60. The van der Waals surface area contributed by atoms with Crippen LogP contribution in [0.1, 0.15) is 38.4 Å². The normalized spacial score (nSPS) is 16.8. The van der Waals surface area contributed by atoms with Gasteiger partial charge >= 0.3 is 0 Å². The maximum atomic E-state index is 14.1. The molecule has 3 rings (SSSR count). The number of halogens is 3. The van der Waals surface area contributed by atoms with Crippen LogP contribution in [-0.2, 0) is 12.4 Å². The quantitative estimate of drug-likeness (QED) is 0.736. The van der Waals surface area contributed by atoms with Gasteiger partial charge in [-0.2, -0.15) is 0 Å². The number of hydrogen-bond donors (Lipinski definition) is 0. The molecule has 1 aromatic heterocycles. The van der Waals surface area contributed by atoms with E-state index >= 15 is 0 Å². The van der Waals surface area contributed by atoms with Crippen LogP contribution in [-0.4, -0.2) is 9.55 Å². The number of imidazole rings is 1. The predicted octanol–water partition coefficient (Wildman–Crippen LogP) is 4.63. The van der Waals surface area contributed by atoms with Crippen molar-refractivity contribution < 1.29 is 8.78 Å². The van der Waals surface area contributed by atoms with E-state index in [1.807, 2.05) is 0 Å². The minimum absolute atomic E-state index is 0.206. The second-order valence-electron chi connectivity index (χ2n) is 5.73. The average molecular weight is 299 g/mol. The Balaban J connectivity index is 2.10. The number of aromatic nitrogens is 2. The minimum atomic E-state index is -0.833. The van der Waals surface area contributed by atoms with Crippen molar-refractivity contribution in [2.75, 3.05) is 0 Å². The zero-order chi connectivity index (χ0) is 14.3. The largest absolute Gasteiger partial charge is 0.324 e.